The number of hydrogen-bond acceptors (Lipinski definition) is 2. The molecule has 1 N–H and O–H groups in total. The smallest absolute Gasteiger partial charge is 0.138 e. The lowest BCUT2D eigenvalue weighted by Gasteiger charge is -2.08. The minimum Gasteiger partial charge on any atom is -0.391 e. The molecule has 0 bridgehead atoms. The molecule has 17 heavy (non-hydrogen) atoms. The predicted molar refractivity (Wildman–Crippen MR) is 68.7 cm³/mol. The highest BCUT2D eigenvalue weighted by Gasteiger charge is 2.14. The fraction of sp³-hybridized carbons (Fsp3) is 0.308. The molecule has 0 spiro atoms. The Bertz CT molecular complexity index is 561. The topological polar surface area (TPSA) is 38.0 Å². The Kier molecular flexibility index (Phi) is 3.22. The van der Waals surface area contributed by atoms with Gasteiger partial charge in [-0.2, -0.15) is 5.10 Å². The average molecular weight is 251 g/mol. The van der Waals surface area contributed by atoms with Crippen molar-refractivity contribution >= 4 is 11.6 Å². The van der Waals surface area contributed by atoms with Gasteiger partial charge in [0.05, 0.1) is 18.0 Å². The highest BCUT2D eigenvalue weighted by Crippen LogP contribution is 2.25. The van der Waals surface area contributed by atoms with E-state index < -0.39 is 0 Å². The van der Waals surface area contributed by atoms with E-state index in [0.29, 0.717) is 10.7 Å². The van der Waals surface area contributed by atoms with Crippen LogP contribution in [0.2, 0.25) is 5.15 Å². The second kappa shape index (κ2) is 4.51. The number of aliphatic hydroxyl groups is 1. The first-order chi connectivity index (χ1) is 8.04. The largest absolute Gasteiger partial charge is 0.391 e. The van der Waals surface area contributed by atoms with E-state index in [9.17, 15) is 5.11 Å². The van der Waals surface area contributed by atoms with Gasteiger partial charge in [-0.05, 0) is 38.0 Å². The summed E-state index contributed by atoms with van der Waals surface area (Å²) in [4.78, 5) is 0. The minimum atomic E-state index is -0.0878. The van der Waals surface area contributed by atoms with E-state index in [1.54, 1.807) is 4.68 Å². The Balaban J connectivity index is 2.64. The maximum Gasteiger partial charge on any atom is 0.138 e. The average Bonchev–Trinajstić information content (AvgIpc) is 2.57. The number of aliphatic hydroxyl groups excluding tert-OH is 1. The molecule has 0 aliphatic rings. The minimum absolute atomic E-state index is 0.0878. The number of aryl methyl sites for hydroxylation is 3. The molecular weight excluding hydrogens is 236 g/mol. The first-order valence-corrected chi connectivity index (χ1v) is 5.85. The summed E-state index contributed by atoms with van der Waals surface area (Å²) in [6, 6.07) is 6.13. The van der Waals surface area contributed by atoms with Crippen LogP contribution in [0.3, 0.4) is 0 Å². The van der Waals surface area contributed by atoms with Gasteiger partial charge < -0.3 is 5.11 Å². The summed E-state index contributed by atoms with van der Waals surface area (Å²) in [5.41, 5.74) is 4.66. The van der Waals surface area contributed by atoms with Gasteiger partial charge in [0.25, 0.3) is 0 Å². The van der Waals surface area contributed by atoms with E-state index >= 15 is 0 Å². The van der Waals surface area contributed by atoms with Gasteiger partial charge in [0.1, 0.15) is 5.15 Å². The molecule has 4 heteroatoms. The second-order valence-electron chi connectivity index (χ2n) is 4.21. The van der Waals surface area contributed by atoms with Crippen molar-refractivity contribution in [3.8, 4) is 5.69 Å². The molecule has 1 aromatic heterocycles. The van der Waals surface area contributed by atoms with Crippen molar-refractivity contribution in [1.82, 2.24) is 9.78 Å². The first kappa shape index (κ1) is 12.1. The lowest BCUT2D eigenvalue weighted by atomic mass is 10.1. The van der Waals surface area contributed by atoms with Gasteiger partial charge >= 0.3 is 0 Å². The number of halogens is 1. The van der Waals surface area contributed by atoms with Gasteiger partial charge in [0.15, 0.2) is 0 Å². The molecule has 0 unspecified atom stereocenters. The van der Waals surface area contributed by atoms with Crippen molar-refractivity contribution in [2.75, 3.05) is 0 Å². The molecule has 90 valence electrons. The fourth-order valence-corrected chi connectivity index (χ4v) is 2.14. The van der Waals surface area contributed by atoms with E-state index in [-0.39, 0.29) is 6.61 Å². The maximum atomic E-state index is 9.25. The first-order valence-electron chi connectivity index (χ1n) is 5.47. The molecule has 0 aliphatic carbocycles. The summed E-state index contributed by atoms with van der Waals surface area (Å²) in [6.07, 6.45) is 0. The van der Waals surface area contributed by atoms with Gasteiger partial charge in [-0.25, -0.2) is 4.68 Å². The highest BCUT2D eigenvalue weighted by molar-refractivity contribution is 6.30. The summed E-state index contributed by atoms with van der Waals surface area (Å²) < 4.78 is 1.69. The fourth-order valence-electron chi connectivity index (χ4n) is 1.82. The number of nitrogens with zero attached hydrogens (tertiary/aromatic N) is 2. The van der Waals surface area contributed by atoms with Crippen molar-refractivity contribution < 1.29 is 5.11 Å². The van der Waals surface area contributed by atoms with Gasteiger partial charge in [0.2, 0.25) is 0 Å². The molecule has 0 aliphatic heterocycles. The van der Waals surface area contributed by atoms with Crippen LogP contribution in [0.25, 0.3) is 5.69 Å². The van der Waals surface area contributed by atoms with Crippen molar-refractivity contribution in [3.63, 3.8) is 0 Å². The summed E-state index contributed by atoms with van der Waals surface area (Å²) in [7, 11) is 0. The van der Waals surface area contributed by atoms with E-state index in [4.69, 9.17) is 11.6 Å². The molecule has 1 aromatic carbocycles. The van der Waals surface area contributed by atoms with Gasteiger partial charge in [-0.1, -0.05) is 23.7 Å². The van der Waals surface area contributed by atoms with Crippen molar-refractivity contribution in [3.05, 3.63) is 45.7 Å². The van der Waals surface area contributed by atoms with Crippen molar-refractivity contribution in [1.29, 1.82) is 0 Å². The van der Waals surface area contributed by atoms with E-state index in [1.807, 2.05) is 32.9 Å². The Morgan fingerprint density at radius 1 is 1.29 bits per heavy atom. The van der Waals surface area contributed by atoms with Gasteiger partial charge in [0, 0.05) is 5.56 Å². The third-order valence-corrected chi connectivity index (χ3v) is 3.26. The van der Waals surface area contributed by atoms with E-state index in [1.165, 1.54) is 0 Å². The van der Waals surface area contributed by atoms with Crippen LogP contribution in [-0.4, -0.2) is 14.9 Å². The summed E-state index contributed by atoms with van der Waals surface area (Å²) in [6.45, 7) is 5.80. The van der Waals surface area contributed by atoms with Crippen LogP contribution >= 0.6 is 11.6 Å². The number of aromatic nitrogens is 2. The van der Waals surface area contributed by atoms with Crippen LogP contribution in [0.5, 0.6) is 0 Å². The van der Waals surface area contributed by atoms with Crippen LogP contribution in [0.15, 0.2) is 18.2 Å². The molecule has 0 radical (unpaired) electrons. The zero-order chi connectivity index (χ0) is 12.6. The van der Waals surface area contributed by atoms with Crippen LogP contribution in [0.4, 0.5) is 0 Å². The third kappa shape index (κ3) is 2.08. The normalized spacial score (nSPS) is 10.9. The number of hydrogen-bond donors (Lipinski definition) is 1. The van der Waals surface area contributed by atoms with Crippen LogP contribution in [0, 0.1) is 20.8 Å². The summed E-state index contributed by atoms with van der Waals surface area (Å²) in [5.74, 6) is 0. The molecule has 1 heterocycles. The SMILES string of the molecule is Cc1ccc(C)c(-n2nc(C)c(CO)c2Cl)c1. The Hall–Kier alpha value is -1.32. The Morgan fingerprint density at radius 3 is 2.59 bits per heavy atom. The molecule has 3 nitrogen and oxygen atoms in total. The standard InChI is InChI=1S/C13H15ClN2O/c1-8-4-5-9(2)12(6-8)16-13(14)11(7-17)10(3)15-16/h4-6,17H,7H2,1-3H3. The monoisotopic (exact) mass is 250 g/mol. The second-order valence-corrected chi connectivity index (χ2v) is 4.57. The highest BCUT2D eigenvalue weighted by atomic mass is 35.5. The zero-order valence-electron chi connectivity index (χ0n) is 10.2. The van der Waals surface area contributed by atoms with Crippen molar-refractivity contribution in [2.45, 2.75) is 27.4 Å². The molecule has 2 aromatic rings. The van der Waals surface area contributed by atoms with Gasteiger partial charge in [-0.3, -0.25) is 0 Å². The lowest BCUT2D eigenvalue weighted by molar-refractivity contribution is 0.281. The lowest BCUT2D eigenvalue weighted by Crippen LogP contribution is -2.00. The number of benzene rings is 1. The maximum absolute atomic E-state index is 9.25. The Labute approximate surface area is 106 Å². The van der Waals surface area contributed by atoms with Crippen molar-refractivity contribution in [2.24, 2.45) is 0 Å². The molecule has 2 rings (SSSR count). The molecule has 0 amide bonds. The third-order valence-electron chi connectivity index (χ3n) is 2.87. The Morgan fingerprint density at radius 2 is 2.00 bits per heavy atom. The zero-order valence-corrected chi connectivity index (χ0v) is 10.9. The molecule has 0 atom stereocenters. The summed E-state index contributed by atoms with van der Waals surface area (Å²) >= 11 is 6.23. The van der Waals surface area contributed by atoms with Gasteiger partial charge in [-0.15, -0.1) is 0 Å². The van der Waals surface area contributed by atoms with Crippen LogP contribution in [-0.2, 0) is 6.61 Å². The molecule has 0 saturated carbocycles. The number of rotatable bonds is 2. The van der Waals surface area contributed by atoms with Crippen LogP contribution in [0.1, 0.15) is 22.4 Å². The quantitative estimate of drug-likeness (QED) is 0.890. The van der Waals surface area contributed by atoms with Crippen LogP contribution < -0.4 is 0 Å². The van der Waals surface area contributed by atoms with E-state index in [0.717, 1.165) is 22.5 Å². The predicted octanol–water partition coefficient (Wildman–Crippen LogP) is 2.94. The van der Waals surface area contributed by atoms with E-state index in [2.05, 4.69) is 11.2 Å². The molecule has 0 fully saturated rings. The molecule has 0 saturated heterocycles. The molecular formula is C13H15ClN2O. The summed E-state index contributed by atoms with van der Waals surface area (Å²) in [5, 5.41) is 14.1.